The first-order valence-corrected chi connectivity index (χ1v) is 6.95. The summed E-state index contributed by atoms with van der Waals surface area (Å²) in [5.41, 5.74) is 2.58. The molecule has 0 aliphatic heterocycles. The van der Waals surface area contributed by atoms with Gasteiger partial charge >= 0.3 is 0 Å². The maximum atomic E-state index is 5.16. The lowest BCUT2D eigenvalue weighted by Gasteiger charge is -2.17. The van der Waals surface area contributed by atoms with Crippen LogP contribution in [0.15, 0.2) is 24.3 Å². The van der Waals surface area contributed by atoms with Crippen LogP contribution in [0.3, 0.4) is 0 Å². The molecule has 2 unspecified atom stereocenters. The Morgan fingerprint density at radius 3 is 2.61 bits per heavy atom. The quantitative estimate of drug-likeness (QED) is 0.757. The van der Waals surface area contributed by atoms with Crippen molar-refractivity contribution in [2.75, 3.05) is 7.11 Å². The Bertz CT molecular complexity index is 338. The lowest BCUT2D eigenvalue weighted by Crippen LogP contribution is -2.27. The topological polar surface area (TPSA) is 21.3 Å². The molecule has 2 nitrogen and oxygen atoms in total. The van der Waals surface area contributed by atoms with Gasteiger partial charge in [0.2, 0.25) is 0 Å². The second-order valence-electron chi connectivity index (χ2n) is 5.28. The van der Waals surface area contributed by atoms with Crippen molar-refractivity contribution < 1.29 is 4.74 Å². The molecule has 0 amide bonds. The highest BCUT2D eigenvalue weighted by Gasteiger charge is 2.06. The molecule has 0 bridgehead atoms. The van der Waals surface area contributed by atoms with Crippen molar-refractivity contribution >= 4 is 0 Å². The summed E-state index contributed by atoms with van der Waals surface area (Å²) < 4.78 is 5.16. The molecule has 1 aromatic rings. The molecule has 18 heavy (non-hydrogen) atoms. The number of benzene rings is 1. The van der Waals surface area contributed by atoms with Gasteiger partial charge in [0.25, 0.3) is 0 Å². The molecule has 1 N–H and O–H groups in total. The van der Waals surface area contributed by atoms with E-state index in [1.807, 2.05) is 0 Å². The van der Waals surface area contributed by atoms with Crippen molar-refractivity contribution in [1.82, 2.24) is 5.32 Å². The van der Waals surface area contributed by atoms with Crippen LogP contribution in [0.1, 0.15) is 44.7 Å². The van der Waals surface area contributed by atoms with Crippen molar-refractivity contribution in [2.45, 2.75) is 52.8 Å². The Morgan fingerprint density at radius 2 is 1.94 bits per heavy atom. The van der Waals surface area contributed by atoms with E-state index in [1.54, 1.807) is 7.11 Å². The zero-order valence-electron chi connectivity index (χ0n) is 12.2. The summed E-state index contributed by atoms with van der Waals surface area (Å²) in [4.78, 5) is 0. The van der Waals surface area contributed by atoms with E-state index >= 15 is 0 Å². The predicted molar refractivity (Wildman–Crippen MR) is 77.5 cm³/mol. The monoisotopic (exact) mass is 249 g/mol. The summed E-state index contributed by atoms with van der Waals surface area (Å²) in [5, 5.41) is 3.59. The van der Waals surface area contributed by atoms with Gasteiger partial charge in [-0.1, -0.05) is 44.5 Å². The van der Waals surface area contributed by atoms with E-state index in [1.165, 1.54) is 24.0 Å². The van der Waals surface area contributed by atoms with Crippen LogP contribution in [0, 0.1) is 5.92 Å². The first-order valence-electron chi connectivity index (χ1n) is 6.95. The van der Waals surface area contributed by atoms with Crippen molar-refractivity contribution in [3.8, 4) is 0 Å². The van der Waals surface area contributed by atoms with Gasteiger partial charge < -0.3 is 10.1 Å². The van der Waals surface area contributed by atoms with E-state index in [4.69, 9.17) is 4.74 Å². The number of hydrogen-bond donors (Lipinski definition) is 1. The SMILES string of the molecule is CCC(C)CC(C)NCc1cccc(COC)c1. The van der Waals surface area contributed by atoms with Gasteiger partial charge in [0.1, 0.15) is 0 Å². The fourth-order valence-corrected chi connectivity index (χ4v) is 2.14. The number of hydrogen-bond acceptors (Lipinski definition) is 2. The molecule has 1 aromatic carbocycles. The second-order valence-corrected chi connectivity index (χ2v) is 5.28. The zero-order valence-corrected chi connectivity index (χ0v) is 12.2. The highest BCUT2D eigenvalue weighted by molar-refractivity contribution is 5.22. The molecular formula is C16H27NO. The summed E-state index contributed by atoms with van der Waals surface area (Å²) in [6.07, 6.45) is 2.50. The first-order chi connectivity index (χ1) is 8.65. The van der Waals surface area contributed by atoms with Crippen molar-refractivity contribution in [3.05, 3.63) is 35.4 Å². The van der Waals surface area contributed by atoms with Gasteiger partial charge in [-0.15, -0.1) is 0 Å². The summed E-state index contributed by atoms with van der Waals surface area (Å²) >= 11 is 0. The molecule has 0 saturated heterocycles. The summed E-state index contributed by atoms with van der Waals surface area (Å²) in [5.74, 6) is 0.798. The minimum absolute atomic E-state index is 0.575. The van der Waals surface area contributed by atoms with E-state index in [-0.39, 0.29) is 0 Å². The van der Waals surface area contributed by atoms with Crippen LogP contribution in [0.5, 0.6) is 0 Å². The maximum Gasteiger partial charge on any atom is 0.0713 e. The minimum atomic E-state index is 0.575. The maximum absolute atomic E-state index is 5.16. The standard InChI is InChI=1S/C16H27NO/c1-5-13(2)9-14(3)17-11-15-7-6-8-16(10-15)12-18-4/h6-8,10,13-14,17H,5,9,11-12H2,1-4H3. The van der Waals surface area contributed by atoms with Crippen molar-refractivity contribution in [2.24, 2.45) is 5.92 Å². The third kappa shape index (κ3) is 5.65. The van der Waals surface area contributed by atoms with Crippen molar-refractivity contribution in [3.63, 3.8) is 0 Å². The van der Waals surface area contributed by atoms with Gasteiger partial charge in [-0.25, -0.2) is 0 Å². The predicted octanol–water partition coefficient (Wildman–Crippen LogP) is 3.75. The van der Waals surface area contributed by atoms with Crippen LogP contribution in [0.4, 0.5) is 0 Å². The Hall–Kier alpha value is -0.860. The Balaban J connectivity index is 2.40. The summed E-state index contributed by atoms with van der Waals surface area (Å²) in [6.45, 7) is 8.47. The number of rotatable bonds is 8. The molecule has 0 aromatic heterocycles. The van der Waals surface area contributed by atoms with Crippen LogP contribution in [0.2, 0.25) is 0 Å². The lowest BCUT2D eigenvalue weighted by molar-refractivity contribution is 0.185. The molecular weight excluding hydrogens is 222 g/mol. The van der Waals surface area contributed by atoms with Crippen LogP contribution in [-0.2, 0) is 17.9 Å². The molecule has 0 fully saturated rings. The van der Waals surface area contributed by atoms with E-state index in [0.717, 1.165) is 12.5 Å². The average Bonchev–Trinajstić information content (AvgIpc) is 2.37. The molecule has 0 aliphatic rings. The normalized spacial score (nSPS) is 14.4. The third-order valence-electron chi connectivity index (χ3n) is 3.41. The molecule has 1 rings (SSSR count). The molecule has 0 spiro atoms. The van der Waals surface area contributed by atoms with Gasteiger partial charge in [-0.05, 0) is 30.4 Å². The van der Waals surface area contributed by atoms with E-state index in [0.29, 0.717) is 12.6 Å². The molecule has 0 heterocycles. The Kier molecular flexibility index (Phi) is 6.99. The summed E-state index contributed by atoms with van der Waals surface area (Å²) in [6, 6.07) is 9.17. The number of nitrogens with one attached hydrogen (secondary N) is 1. The fourth-order valence-electron chi connectivity index (χ4n) is 2.14. The Morgan fingerprint density at radius 1 is 1.22 bits per heavy atom. The van der Waals surface area contributed by atoms with Crippen molar-refractivity contribution in [1.29, 1.82) is 0 Å². The van der Waals surface area contributed by atoms with Crippen LogP contribution >= 0.6 is 0 Å². The van der Waals surface area contributed by atoms with E-state index in [9.17, 15) is 0 Å². The highest BCUT2D eigenvalue weighted by Crippen LogP contribution is 2.11. The van der Waals surface area contributed by atoms with E-state index < -0.39 is 0 Å². The lowest BCUT2D eigenvalue weighted by atomic mass is 10.0. The molecule has 0 aliphatic carbocycles. The number of ether oxygens (including phenoxy) is 1. The van der Waals surface area contributed by atoms with Gasteiger partial charge in [-0.2, -0.15) is 0 Å². The van der Waals surface area contributed by atoms with Gasteiger partial charge in [0, 0.05) is 19.7 Å². The van der Waals surface area contributed by atoms with Crippen LogP contribution in [0.25, 0.3) is 0 Å². The second kappa shape index (κ2) is 8.28. The molecule has 0 radical (unpaired) electrons. The van der Waals surface area contributed by atoms with Crippen LogP contribution < -0.4 is 5.32 Å². The minimum Gasteiger partial charge on any atom is -0.380 e. The molecule has 2 heteroatoms. The van der Waals surface area contributed by atoms with Gasteiger partial charge in [0.05, 0.1) is 6.61 Å². The molecule has 102 valence electrons. The van der Waals surface area contributed by atoms with E-state index in [2.05, 4.69) is 50.4 Å². The van der Waals surface area contributed by atoms with Gasteiger partial charge in [0.15, 0.2) is 0 Å². The average molecular weight is 249 g/mol. The largest absolute Gasteiger partial charge is 0.380 e. The molecule has 2 atom stereocenters. The summed E-state index contributed by atoms with van der Waals surface area (Å²) in [7, 11) is 1.74. The first kappa shape index (κ1) is 15.2. The smallest absolute Gasteiger partial charge is 0.0713 e. The fraction of sp³-hybridized carbons (Fsp3) is 0.625. The molecule has 0 saturated carbocycles. The number of methoxy groups -OCH3 is 1. The Labute approximate surface area is 112 Å². The third-order valence-corrected chi connectivity index (χ3v) is 3.41. The van der Waals surface area contributed by atoms with Gasteiger partial charge in [-0.3, -0.25) is 0 Å². The highest BCUT2D eigenvalue weighted by atomic mass is 16.5. The zero-order chi connectivity index (χ0) is 13.4. The van der Waals surface area contributed by atoms with Crippen LogP contribution in [-0.4, -0.2) is 13.2 Å².